The Morgan fingerprint density at radius 2 is 1.89 bits per heavy atom. The van der Waals surface area contributed by atoms with E-state index in [0.29, 0.717) is 0 Å². The van der Waals surface area contributed by atoms with Crippen LogP contribution in [0, 0.1) is 13.8 Å². The van der Waals surface area contributed by atoms with Gasteiger partial charge in [0, 0.05) is 25.0 Å². The van der Waals surface area contributed by atoms with Gasteiger partial charge in [-0.15, -0.1) is 0 Å². The Balaban J connectivity index is 2.73. The Morgan fingerprint density at radius 3 is 2.37 bits per heavy atom. The van der Waals surface area contributed by atoms with Crippen LogP contribution >= 0.6 is 0 Å². The lowest BCUT2D eigenvalue weighted by atomic mass is 10.4. The number of methoxy groups -OCH3 is 1. The summed E-state index contributed by atoms with van der Waals surface area (Å²) in [5.41, 5.74) is 1.56. The first-order valence-electron chi connectivity index (χ1n) is 5.74. The van der Waals surface area contributed by atoms with Crippen molar-refractivity contribution in [3.63, 3.8) is 0 Å². The summed E-state index contributed by atoms with van der Waals surface area (Å²) in [6, 6.07) is 3.62. The molecule has 108 valence electrons. The van der Waals surface area contributed by atoms with Crippen molar-refractivity contribution < 1.29 is 17.9 Å². The molecule has 0 saturated heterocycles. The third kappa shape index (κ3) is 3.97. The summed E-state index contributed by atoms with van der Waals surface area (Å²) in [5.74, 6) is -0.449. The van der Waals surface area contributed by atoms with Gasteiger partial charge in [0.1, 0.15) is 0 Å². The Labute approximate surface area is 113 Å². The first kappa shape index (κ1) is 15.5. The topological polar surface area (TPSA) is 80.6 Å². The highest BCUT2D eigenvalue weighted by Crippen LogP contribution is 2.07. The lowest BCUT2D eigenvalue weighted by Crippen LogP contribution is -2.38. The smallest absolute Gasteiger partial charge is 0.315 e. The summed E-state index contributed by atoms with van der Waals surface area (Å²) in [6.45, 7) is 3.65. The summed E-state index contributed by atoms with van der Waals surface area (Å²) in [4.78, 5) is 13.4. The lowest BCUT2D eigenvalue weighted by Gasteiger charge is -2.20. The van der Waals surface area contributed by atoms with Crippen molar-refractivity contribution in [2.75, 3.05) is 25.5 Å². The van der Waals surface area contributed by atoms with E-state index in [4.69, 9.17) is 0 Å². The number of hydrogen-bond acceptors (Lipinski definition) is 4. The van der Waals surface area contributed by atoms with E-state index in [1.165, 1.54) is 18.8 Å². The molecule has 1 heterocycles. The van der Waals surface area contributed by atoms with Crippen LogP contribution in [-0.2, 0) is 19.7 Å². The Kier molecular flexibility index (Phi) is 4.96. The normalized spacial score (nSPS) is 11.6. The quantitative estimate of drug-likeness (QED) is 0.768. The lowest BCUT2D eigenvalue weighted by molar-refractivity contribution is -0.140. The van der Waals surface area contributed by atoms with Crippen LogP contribution in [-0.4, -0.2) is 44.1 Å². The third-order valence-corrected chi connectivity index (χ3v) is 4.16. The van der Waals surface area contributed by atoms with Crippen LogP contribution in [0.1, 0.15) is 17.8 Å². The molecule has 0 unspecified atom stereocenters. The monoisotopic (exact) mass is 289 g/mol. The van der Waals surface area contributed by atoms with Gasteiger partial charge in [0.15, 0.2) is 0 Å². The van der Waals surface area contributed by atoms with Crippen molar-refractivity contribution >= 4 is 16.2 Å². The molecule has 0 bridgehead atoms. The van der Waals surface area contributed by atoms with Crippen molar-refractivity contribution in [3.8, 4) is 0 Å². The SMILES string of the molecule is COC(=O)CCN(C)S(=O)(=O)Nn1c(C)ccc1C. The zero-order valence-electron chi connectivity index (χ0n) is 11.5. The maximum Gasteiger partial charge on any atom is 0.315 e. The van der Waals surface area contributed by atoms with Gasteiger partial charge in [-0.05, 0) is 26.0 Å². The van der Waals surface area contributed by atoms with Crippen LogP contribution < -0.4 is 4.83 Å². The predicted octanol–water partition coefficient (Wildman–Crippen LogP) is 0.388. The first-order chi connectivity index (χ1) is 8.77. The fraction of sp³-hybridized carbons (Fsp3) is 0.545. The van der Waals surface area contributed by atoms with Crippen LogP contribution in [0.25, 0.3) is 0 Å². The molecule has 0 aliphatic carbocycles. The van der Waals surface area contributed by atoms with E-state index in [9.17, 15) is 13.2 Å². The van der Waals surface area contributed by atoms with Crippen LogP contribution in [0.4, 0.5) is 0 Å². The minimum atomic E-state index is -3.69. The van der Waals surface area contributed by atoms with E-state index in [1.54, 1.807) is 13.8 Å². The molecule has 7 nitrogen and oxygen atoms in total. The molecule has 0 amide bonds. The molecular weight excluding hydrogens is 270 g/mol. The second-order valence-corrected chi connectivity index (χ2v) is 5.95. The summed E-state index contributed by atoms with van der Waals surface area (Å²) in [7, 11) is -1.03. The second-order valence-electron chi connectivity index (χ2n) is 4.20. The Morgan fingerprint density at radius 1 is 1.37 bits per heavy atom. The van der Waals surface area contributed by atoms with Crippen LogP contribution in [0.2, 0.25) is 0 Å². The average molecular weight is 289 g/mol. The molecule has 0 fully saturated rings. The minimum absolute atomic E-state index is 0.0115. The third-order valence-electron chi connectivity index (χ3n) is 2.75. The highest BCUT2D eigenvalue weighted by atomic mass is 32.2. The number of nitrogens with one attached hydrogen (secondary N) is 1. The van der Waals surface area contributed by atoms with Gasteiger partial charge in [-0.25, -0.2) is 4.83 Å². The minimum Gasteiger partial charge on any atom is -0.469 e. The van der Waals surface area contributed by atoms with Crippen molar-refractivity contribution in [3.05, 3.63) is 23.5 Å². The number of aryl methyl sites for hydroxylation is 2. The van der Waals surface area contributed by atoms with E-state index in [2.05, 4.69) is 9.57 Å². The molecule has 1 N–H and O–H groups in total. The maximum absolute atomic E-state index is 12.0. The molecule has 8 heteroatoms. The fourth-order valence-corrected chi connectivity index (χ4v) is 2.46. The van der Waals surface area contributed by atoms with E-state index in [-0.39, 0.29) is 13.0 Å². The standard InChI is InChI=1S/C11H19N3O4S/c1-9-5-6-10(2)14(9)12-19(16,17)13(3)8-7-11(15)18-4/h5-6,12H,7-8H2,1-4H3. The van der Waals surface area contributed by atoms with Gasteiger partial charge in [-0.3, -0.25) is 9.47 Å². The first-order valence-corrected chi connectivity index (χ1v) is 7.18. The molecule has 0 atom stereocenters. The molecule has 0 aromatic carbocycles. The Hall–Kier alpha value is -1.54. The van der Waals surface area contributed by atoms with Gasteiger partial charge in [0.25, 0.3) is 0 Å². The Bertz CT molecular complexity index is 531. The molecule has 0 spiro atoms. The van der Waals surface area contributed by atoms with Gasteiger partial charge < -0.3 is 4.74 Å². The number of hydrogen-bond donors (Lipinski definition) is 1. The largest absolute Gasteiger partial charge is 0.469 e. The van der Waals surface area contributed by atoms with Gasteiger partial charge in [-0.2, -0.15) is 12.7 Å². The number of esters is 1. The molecule has 0 radical (unpaired) electrons. The van der Waals surface area contributed by atoms with Crippen molar-refractivity contribution in [1.82, 2.24) is 8.98 Å². The van der Waals surface area contributed by atoms with E-state index in [0.717, 1.165) is 15.7 Å². The van der Waals surface area contributed by atoms with Crippen molar-refractivity contribution in [2.45, 2.75) is 20.3 Å². The van der Waals surface area contributed by atoms with Gasteiger partial charge in [-0.1, -0.05) is 0 Å². The van der Waals surface area contributed by atoms with E-state index >= 15 is 0 Å². The van der Waals surface area contributed by atoms with Crippen molar-refractivity contribution in [2.24, 2.45) is 0 Å². The summed E-state index contributed by atoms with van der Waals surface area (Å²) in [6.07, 6.45) is 0.0115. The predicted molar refractivity (Wildman–Crippen MR) is 71.4 cm³/mol. The summed E-state index contributed by atoms with van der Waals surface area (Å²) in [5, 5.41) is 0. The molecule has 0 aliphatic heterocycles. The van der Waals surface area contributed by atoms with Gasteiger partial charge >= 0.3 is 16.2 Å². The van der Waals surface area contributed by atoms with Crippen LogP contribution in [0.3, 0.4) is 0 Å². The van der Waals surface area contributed by atoms with Gasteiger partial charge in [0.05, 0.1) is 13.5 Å². The summed E-state index contributed by atoms with van der Waals surface area (Å²) < 4.78 is 31.1. The average Bonchev–Trinajstić information content (AvgIpc) is 2.66. The zero-order chi connectivity index (χ0) is 14.6. The maximum atomic E-state index is 12.0. The number of ether oxygens (including phenoxy) is 1. The van der Waals surface area contributed by atoms with Crippen molar-refractivity contribution in [1.29, 1.82) is 0 Å². The molecule has 0 saturated carbocycles. The highest BCUT2D eigenvalue weighted by molar-refractivity contribution is 7.90. The van der Waals surface area contributed by atoms with E-state index in [1.807, 2.05) is 12.1 Å². The van der Waals surface area contributed by atoms with Gasteiger partial charge in [0.2, 0.25) is 0 Å². The fourth-order valence-electron chi connectivity index (χ4n) is 1.47. The molecule has 19 heavy (non-hydrogen) atoms. The number of nitrogens with zero attached hydrogens (tertiary/aromatic N) is 2. The number of rotatable bonds is 6. The molecule has 0 aliphatic rings. The summed E-state index contributed by atoms with van der Waals surface area (Å²) >= 11 is 0. The van der Waals surface area contributed by atoms with E-state index < -0.39 is 16.2 Å². The van der Waals surface area contributed by atoms with Crippen LogP contribution in [0.15, 0.2) is 12.1 Å². The number of aromatic nitrogens is 1. The molecule has 1 rings (SSSR count). The number of carbonyl (C=O) groups excluding carboxylic acids is 1. The molecule has 1 aromatic rings. The highest BCUT2D eigenvalue weighted by Gasteiger charge is 2.19. The van der Waals surface area contributed by atoms with Crippen LogP contribution in [0.5, 0.6) is 0 Å². The number of carbonyl (C=O) groups is 1. The second kappa shape index (κ2) is 6.07. The molecular formula is C11H19N3O4S. The molecule has 1 aromatic heterocycles. The zero-order valence-corrected chi connectivity index (χ0v) is 12.3.